The van der Waals surface area contributed by atoms with E-state index >= 15 is 0 Å². The maximum absolute atomic E-state index is 14.7. The van der Waals surface area contributed by atoms with Crippen LogP contribution < -0.4 is 4.74 Å². The number of rotatable bonds is 4. The summed E-state index contributed by atoms with van der Waals surface area (Å²) < 4.78 is 99.6. The lowest BCUT2D eigenvalue weighted by atomic mass is 9.80. The number of halogens is 7. The molecule has 3 nitrogen and oxygen atoms in total. The van der Waals surface area contributed by atoms with Gasteiger partial charge in [0.1, 0.15) is 17.4 Å². The van der Waals surface area contributed by atoms with Crippen LogP contribution in [0.1, 0.15) is 55.5 Å². The van der Waals surface area contributed by atoms with Crippen LogP contribution in [0.2, 0.25) is 0 Å². The standard InChI is InChI=1S/C25H19F7N2O/c1-14-2-4-15(5-3-14)17-12-33-23(34-13-17)25(31,32)35-18-6-7-19-16(10-18)11-21(26)20(22(19)27)8-9-24(28,29)30/h6-7,10-15H,2-5H2,1H3. The first kappa shape index (κ1) is 24.8. The molecule has 1 aliphatic rings. The summed E-state index contributed by atoms with van der Waals surface area (Å²) in [7, 11) is 0. The highest BCUT2D eigenvalue weighted by Gasteiger charge is 2.39. The smallest absolute Gasteiger partial charge is 0.427 e. The van der Waals surface area contributed by atoms with Gasteiger partial charge in [-0.2, -0.15) is 22.0 Å². The molecule has 35 heavy (non-hydrogen) atoms. The number of fused-ring (bicyclic) bond motifs is 1. The van der Waals surface area contributed by atoms with Crippen LogP contribution in [0, 0.1) is 29.4 Å². The second-order valence-corrected chi connectivity index (χ2v) is 8.59. The molecule has 1 aromatic heterocycles. The van der Waals surface area contributed by atoms with E-state index in [0.29, 0.717) is 12.0 Å². The van der Waals surface area contributed by atoms with Crippen LogP contribution in [-0.2, 0) is 6.11 Å². The van der Waals surface area contributed by atoms with Crippen LogP contribution in [0.15, 0.2) is 36.7 Å². The number of benzene rings is 2. The number of nitrogens with zero attached hydrogens (tertiary/aromatic N) is 2. The third-order valence-corrected chi connectivity index (χ3v) is 5.99. The number of alkyl halides is 5. The lowest BCUT2D eigenvalue weighted by Crippen LogP contribution is -2.25. The second kappa shape index (κ2) is 9.36. The van der Waals surface area contributed by atoms with E-state index in [9.17, 15) is 30.7 Å². The zero-order valence-corrected chi connectivity index (χ0v) is 18.4. The molecule has 0 bridgehead atoms. The Morgan fingerprint density at radius 1 is 0.943 bits per heavy atom. The topological polar surface area (TPSA) is 35.0 Å². The normalized spacial score (nSPS) is 18.7. The van der Waals surface area contributed by atoms with Gasteiger partial charge < -0.3 is 4.74 Å². The number of hydrogen-bond donors (Lipinski definition) is 0. The predicted octanol–water partition coefficient (Wildman–Crippen LogP) is 7.24. The van der Waals surface area contributed by atoms with Gasteiger partial charge >= 0.3 is 12.3 Å². The lowest BCUT2D eigenvalue weighted by molar-refractivity contribution is -0.191. The predicted molar refractivity (Wildman–Crippen MR) is 114 cm³/mol. The first-order chi connectivity index (χ1) is 16.4. The van der Waals surface area contributed by atoms with Crippen molar-refractivity contribution in [2.45, 2.75) is 50.8 Å². The number of aromatic nitrogens is 2. The Labute approximate surface area is 196 Å². The molecule has 0 atom stereocenters. The second-order valence-electron chi connectivity index (χ2n) is 8.59. The van der Waals surface area contributed by atoms with Crippen molar-refractivity contribution in [3.05, 3.63) is 65.2 Å². The van der Waals surface area contributed by atoms with Gasteiger partial charge in [0.25, 0.3) is 0 Å². The molecular weight excluding hydrogens is 477 g/mol. The fourth-order valence-electron chi connectivity index (χ4n) is 4.11. The summed E-state index contributed by atoms with van der Waals surface area (Å²) in [5.74, 6) is -0.950. The maximum atomic E-state index is 14.7. The molecule has 0 aliphatic heterocycles. The summed E-state index contributed by atoms with van der Waals surface area (Å²) in [6.45, 7) is 2.17. The van der Waals surface area contributed by atoms with Gasteiger partial charge in [-0.1, -0.05) is 25.7 Å². The van der Waals surface area contributed by atoms with E-state index < -0.39 is 41.1 Å². The van der Waals surface area contributed by atoms with E-state index in [4.69, 9.17) is 4.74 Å². The maximum Gasteiger partial charge on any atom is 0.462 e. The summed E-state index contributed by atoms with van der Waals surface area (Å²) >= 11 is 0. The van der Waals surface area contributed by atoms with Crippen molar-refractivity contribution in [3.63, 3.8) is 0 Å². The third-order valence-electron chi connectivity index (χ3n) is 5.99. The molecule has 10 heteroatoms. The SMILES string of the molecule is CC1CCC(c2cnc(C(F)(F)Oc3ccc4c(F)c(C#CC(F)(F)F)c(F)cc4c3)nc2)CC1. The van der Waals surface area contributed by atoms with Gasteiger partial charge in [-0.05, 0) is 59.9 Å². The minimum absolute atomic E-state index is 0.200. The van der Waals surface area contributed by atoms with Crippen molar-refractivity contribution in [2.24, 2.45) is 5.92 Å². The monoisotopic (exact) mass is 496 g/mol. The molecule has 184 valence electrons. The molecule has 0 amide bonds. The van der Waals surface area contributed by atoms with Crippen molar-refractivity contribution >= 4 is 10.8 Å². The molecule has 1 heterocycles. The van der Waals surface area contributed by atoms with Crippen LogP contribution in [-0.4, -0.2) is 16.1 Å². The van der Waals surface area contributed by atoms with Crippen molar-refractivity contribution in [3.8, 4) is 17.6 Å². The fraction of sp³-hybridized carbons (Fsp3) is 0.360. The van der Waals surface area contributed by atoms with Crippen LogP contribution in [0.25, 0.3) is 10.8 Å². The van der Waals surface area contributed by atoms with Gasteiger partial charge in [0.15, 0.2) is 0 Å². The molecule has 0 spiro atoms. The lowest BCUT2D eigenvalue weighted by Gasteiger charge is -2.26. The summed E-state index contributed by atoms with van der Waals surface area (Å²) in [6, 6.07) is 3.60. The van der Waals surface area contributed by atoms with Gasteiger partial charge in [0, 0.05) is 23.7 Å². The van der Waals surface area contributed by atoms with E-state index in [1.54, 1.807) is 0 Å². The molecule has 0 unspecified atom stereocenters. The molecule has 1 fully saturated rings. The van der Waals surface area contributed by atoms with Crippen LogP contribution >= 0.6 is 0 Å². The quantitative estimate of drug-likeness (QED) is 0.282. The highest BCUT2D eigenvalue weighted by molar-refractivity contribution is 5.86. The molecule has 0 saturated heterocycles. The van der Waals surface area contributed by atoms with Crippen LogP contribution in [0.4, 0.5) is 30.7 Å². The van der Waals surface area contributed by atoms with Crippen molar-refractivity contribution in [1.82, 2.24) is 9.97 Å². The first-order valence-electron chi connectivity index (χ1n) is 10.8. The van der Waals surface area contributed by atoms with E-state index in [2.05, 4.69) is 16.9 Å². The minimum Gasteiger partial charge on any atom is -0.427 e. The Hall–Kier alpha value is -3.35. The largest absolute Gasteiger partial charge is 0.462 e. The Bertz CT molecular complexity index is 1290. The van der Waals surface area contributed by atoms with Crippen LogP contribution in [0.3, 0.4) is 0 Å². The van der Waals surface area contributed by atoms with E-state index in [0.717, 1.165) is 55.4 Å². The minimum atomic E-state index is -4.94. The zero-order chi connectivity index (χ0) is 25.4. The average Bonchev–Trinajstić information content (AvgIpc) is 2.78. The van der Waals surface area contributed by atoms with E-state index in [-0.39, 0.29) is 16.7 Å². The van der Waals surface area contributed by atoms with Crippen molar-refractivity contribution in [1.29, 1.82) is 0 Å². The van der Waals surface area contributed by atoms with Gasteiger partial charge in [0.2, 0.25) is 5.82 Å². The Kier molecular flexibility index (Phi) is 6.62. The molecule has 0 radical (unpaired) electrons. The fourth-order valence-corrected chi connectivity index (χ4v) is 4.11. The zero-order valence-electron chi connectivity index (χ0n) is 18.4. The van der Waals surface area contributed by atoms with Gasteiger partial charge in [0.05, 0.1) is 5.56 Å². The molecule has 3 aromatic rings. The van der Waals surface area contributed by atoms with E-state index in [1.807, 2.05) is 0 Å². The Morgan fingerprint density at radius 2 is 1.60 bits per heavy atom. The average molecular weight is 496 g/mol. The van der Waals surface area contributed by atoms with Crippen LogP contribution in [0.5, 0.6) is 5.75 Å². The molecular formula is C25H19F7N2O. The molecule has 0 N–H and O–H groups in total. The number of ether oxygens (including phenoxy) is 1. The Morgan fingerprint density at radius 3 is 2.23 bits per heavy atom. The Balaban J connectivity index is 1.56. The van der Waals surface area contributed by atoms with Gasteiger partial charge in [-0.25, -0.2) is 18.7 Å². The highest BCUT2D eigenvalue weighted by Crippen LogP contribution is 2.36. The summed E-state index contributed by atoms with van der Waals surface area (Å²) in [6.07, 6.45) is -2.20. The summed E-state index contributed by atoms with van der Waals surface area (Å²) in [4.78, 5) is 7.54. The highest BCUT2D eigenvalue weighted by atomic mass is 19.4. The number of hydrogen-bond acceptors (Lipinski definition) is 3. The summed E-state index contributed by atoms with van der Waals surface area (Å²) in [5, 5.41) is -0.510. The van der Waals surface area contributed by atoms with Crippen molar-refractivity contribution < 1.29 is 35.5 Å². The summed E-state index contributed by atoms with van der Waals surface area (Å²) in [5.41, 5.74) is -0.299. The molecule has 1 saturated carbocycles. The molecule has 4 rings (SSSR count). The molecule has 1 aliphatic carbocycles. The van der Waals surface area contributed by atoms with Crippen molar-refractivity contribution in [2.75, 3.05) is 0 Å². The first-order valence-corrected chi connectivity index (χ1v) is 10.8. The third kappa shape index (κ3) is 5.66. The van der Waals surface area contributed by atoms with E-state index in [1.165, 1.54) is 18.3 Å². The van der Waals surface area contributed by atoms with Gasteiger partial charge in [-0.3, -0.25) is 0 Å². The van der Waals surface area contributed by atoms with Gasteiger partial charge in [-0.15, -0.1) is 0 Å². The molecule has 2 aromatic carbocycles.